The van der Waals surface area contributed by atoms with E-state index in [1.807, 2.05) is 18.2 Å². The minimum Gasteiger partial charge on any atom is -0.481 e. The Morgan fingerprint density at radius 2 is 1.71 bits per heavy atom. The van der Waals surface area contributed by atoms with E-state index in [1.54, 1.807) is 12.1 Å². The summed E-state index contributed by atoms with van der Waals surface area (Å²) >= 11 is 6.12. The van der Waals surface area contributed by atoms with Gasteiger partial charge < -0.3 is 9.47 Å². The maximum atomic E-state index is 12.1. The van der Waals surface area contributed by atoms with Crippen LogP contribution < -0.4 is 14.8 Å². The summed E-state index contributed by atoms with van der Waals surface area (Å²) in [5.74, 6) is 0.196. The minimum atomic E-state index is -0.841. The van der Waals surface area contributed by atoms with E-state index in [1.165, 1.54) is 20.3 Å². The van der Waals surface area contributed by atoms with Crippen LogP contribution >= 0.6 is 11.6 Å². The van der Waals surface area contributed by atoms with Crippen LogP contribution in [0.4, 0.5) is 5.95 Å². The van der Waals surface area contributed by atoms with Crippen LogP contribution in [0.2, 0.25) is 0 Å². The van der Waals surface area contributed by atoms with Gasteiger partial charge in [-0.25, -0.2) is 0 Å². The number of amides is 1. The molecule has 110 valence electrons. The Morgan fingerprint density at radius 3 is 2.24 bits per heavy atom. The van der Waals surface area contributed by atoms with Gasteiger partial charge in [0.1, 0.15) is 5.38 Å². The summed E-state index contributed by atoms with van der Waals surface area (Å²) in [5, 5.41) is 1.70. The van der Waals surface area contributed by atoms with Crippen LogP contribution in [0.1, 0.15) is 10.9 Å². The third-order valence-electron chi connectivity index (χ3n) is 2.65. The average molecular weight is 308 g/mol. The van der Waals surface area contributed by atoms with Gasteiger partial charge in [-0.15, -0.1) is 11.6 Å². The maximum absolute atomic E-state index is 12.1. The van der Waals surface area contributed by atoms with E-state index in [9.17, 15) is 4.79 Å². The van der Waals surface area contributed by atoms with Crippen molar-refractivity contribution in [1.29, 1.82) is 0 Å². The fraction of sp³-hybridized carbons (Fsp3) is 0.214. The van der Waals surface area contributed by atoms with Crippen molar-refractivity contribution >= 4 is 23.5 Å². The van der Waals surface area contributed by atoms with Crippen molar-refractivity contribution in [2.24, 2.45) is 0 Å². The number of nitrogens with zero attached hydrogens (tertiary/aromatic N) is 2. The Kier molecular flexibility index (Phi) is 4.94. The summed E-state index contributed by atoms with van der Waals surface area (Å²) in [6.45, 7) is 0. The van der Waals surface area contributed by atoms with Crippen molar-refractivity contribution in [2.45, 2.75) is 5.38 Å². The van der Waals surface area contributed by atoms with Crippen molar-refractivity contribution in [3.8, 4) is 11.8 Å². The predicted octanol–water partition coefficient (Wildman–Crippen LogP) is 2.41. The maximum Gasteiger partial charge on any atom is 0.249 e. The summed E-state index contributed by atoms with van der Waals surface area (Å²) in [6.07, 6.45) is 0. The van der Waals surface area contributed by atoms with Crippen molar-refractivity contribution in [3.63, 3.8) is 0 Å². The third-order valence-corrected chi connectivity index (χ3v) is 3.11. The first-order valence-corrected chi connectivity index (χ1v) is 6.54. The van der Waals surface area contributed by atoms with Crippen LogP contribution in [0.3, 0.4) is 0 Å². The van der Waals surface area contributed by atoms with Gasteiger partial charge in [-0.05, 0) is 5.56 Å². The monoisotopic (exact) mass is 307 g/mol. The van der Waals surface area contributed by atoms with Gasteiger partial charge in [0, 0.05) is 0 Å². The van der Waals surface area contributed by atoms with E-state index >= 15 is 0 Å². The molecule has 0 aliphatic rings. The minimum absolute atomic E-state index is 0.0674. The van der Waals surface area contributed by atoms with Crippen LogP contribution in [0.15, 0.2) is 36.4 Å². The van der Waals surface area contributed by atoms with Crippen molar-refractivity contribution in [3.05, 3.63) is 42.0 Å². The highest BCUT2D eigenvalue weighted by Crippen LogP contribution is 2.23. The highest BCUT2D eigenvalue weighted by molar-refractivity contribution is 6.32. The van der Waals surface area contributed by atoms with Gasteiger partial charge in [-0.3, -0.25) is 10.1 Å². The molecule has 0 bridgehead atoms. The van der Waals surface area contributed by atoms with Crippen molar-refractivity contribution in [2.75, 3.05) is 19.5 Å². The molecule has 1 heterocycles. The summed E-state index contributed by atoms with van der Waals surface area (Å²) in [7, 11) is 2.92. The second kappa shape index (κ2) is 6.90. The quantitative estimate of drug-likeness (QED) is 0.859. The molecule has 0 fully saturated rings. The molecule has 0 aliphatic carbocycles. The lowest BCUT2D eigenvalue weighted by atomic mass is 10.1. The molecule has 2 aromatic rings. The Labute approximate surface area is 127 Å². The molecule has 0 spiro atoms. The zero-order valence-electron chi connectivity index (χ0n) is 11.5. The molecule has 0 aliphatic heterocycles. The molecule has 0 saturated carbocycles. The lowest BCUT2D eigenvalue weighted by Gasteiger charge is -2.11. The van der Waals surface area contributed by atoms with Crippen LogP contribution in [-0.4, -0.2) is 30.1 Å². The lowest BCUT2D eigenvalue weighted by molar-refractivity contribution is -0.116. The first-order valence-electron chi connectivity index (χ1n) is 6.11. The molecule has 6 nitrogen and oxygen atoms in total. The number of ether oxygens (including phenoxy) is 2. The van der Waals surface area contributed by atoms with E-state index in [4.69, 9.17) is 21.1 Å². The van der Waals surface area contributed by atoms with E-state index < -0.39 is 11.3 Å². The molecule has 1 amide bonds. The summed E-state index contributed by atoms with van der Waals surface area (Å²) < 4.78 is 10.0. The number of benzene rings is 1. The number of hydrogen-bond donors (Lipinski definition) is 1. The standard InChI is InChI=1S/C14H14ClN3O3/c1-20-10-8-11(21-2)17-14(16-10)18-13(19)12(15)9-6-4-3-5-7-9/h3-8,12H,1-2H3,(H,16,17,18,19). The van der Waals surface area contributed by atoms with Crippen LogP contribution in [-0.2, 0) is 4.79 Å². The number of alkyl halides is 1. The van der Waals surface area contributed by atoms with E-state index in [-0.39, 0.29) is 17.7 Å². The number of rotatable bonds is 5. The predicted molar refractivity (Wildman–Crippen MR) is 78.8 cm³/mol. The molecule has 21 heavy (non-hydrogen) atoms. The molecule has 0 saturated heterocycles. The van der Waals surface area contributed by atoms with E-state index in [2.05, 4.69) is 15.3 Å². The van der Waals surface area contributed by atoms with Crippen LogP contribution in [0.25, 0.3) is 0 Å². The Balaban J connectivity index is 2.16. The van der Waals surface area contributed by atoms with Gasteiger partial charge in [-0.1, -0.05) is 30.3 Å². The molecule has 1 unspecified atom stereocenters. The zero-order valence-corrected chi connectivity index (χ0v) is 12.3. The van der Waals surface area contributed by atoms with E-state index in [0.29, 0.717) is 5.56 Å². The van der Waals surface area contributed by atoms with Crippen molar-refractivity contribution < 1.29 is 14.3 Å². The first kappa shape index (κ1) is 15.1. The number of methoxy groups -OCH3 is 2. The fourth-order valence-corrected chi connectivity index (χ4v) is 1.82. The molecule has 1 aromatic heterocycles. The number of anilines is 1. The number of carbonyl (C=O) groups is 1. The molecule has 1 N–H and O–H groups in total. The lowest BCUT2D eigenvalue weighted by Crippen LogP contribution is -2.19. The fourth-order valence-electron chi connectivity index (χ4n) is 1.62. The number of carbonyl (C=O) groups excluding carboxylic acids is 1. The summed E-state index contributed by atoms with van der Waals surface area (Å²) in [5.41, 5.74) is 0.687. The third kappa shape index (κ3) is 3.82. The van der Waals surface area contributed by atoms with Gasteiger partial charge in [0.05, 0.1) is 20.3 Å². The molecule has 7 heteroatoms. The van der Waals surface area contributed by atoms with Crippen LogP contribution in [0, 0.1) is 0 Å². The Hall–Kier alpha value is -2.34. The smallest absolute Gasteiger partial charge is 0.249 e. The second-order valence-corrected chi connectivity index (χ2v) is 4.48. The van der Waals surface area contributed by atoms with Gasteiger partial charge in [0.15, 0.2) is 0 Å². The van der Waals surface area contributed by atoms with Crippen molar-refractivity contribution in [1.82, 2.24) is 9.97 Å². The molecule has 1 atom stereocenters. The van der Waals surface area contributed by atoms with Crippen LogP contribution in [0.5, 0.6) is 11.8 Å². The first-order chi connectivity index (χ1) is 10.1. The largest absolute Gasteiger partial charge is 0.481 e. The van der Waals surface area contributed by atoms with Gasteiger partial charge in [0.2, 0.25) is 23.6 Å². The second-order valence-electron chi connectivity index (χ2n) is 4.04. The Morgan fingerprint density at radius 1 is 1.14 bits per heavy atom. The number of halogens is 1. The highest BCUT2D eigenvalue weighted by atomic mass is 35.5. The van der Waals surface area contributed by atoms with Gasteiger partial charge >= 0.3 is 0 Å². The zero-order chi connectivity index (χ0) is 15.2. The topological polar surface area (TPSA) is 73.3 Å². The Bertz CT molecular complexity index is 600. The SMILES string of the molecule is COc1cc(OC)nc(NC(=O)C(Cl)c2ccccc2)n1. The summed E-state index contributed by atoms with van der Waals surface area (Å²) in [6, 6.07) is 10.5. The molecular formula is C14H14ClN3O3. The normalized spacial score (nSPS) is 11.6. The number of hydrogen-bond acceptors (Lipinski definition) is 5. The molecule has 1 aromatic carbocycles. The van der Waals surface area contributed by atoms with Gasteiger partial charge in [-0.2, -0.15) is 9.97 Å². The van der Waals surface area contributed by atoms with Gasteiger partial charge in [0.25, 0.3) is 0 Å². The number of nitrogens with one attached hydrogen (secondary N) is 1. The molecular weight excluding hydrogens is 294 g/mol. The summed E-state index contributed by atoms with van der Waals surface area (Å²) in [4.78, 5) is 20.1. The average Bonchev–Trinajstić information content (AvgIpc) is 2.54. The molecule has 2 rings (SSSR count). The molecule has 0 radical (unpaired) electrons. The van der Waals surface area contributed by atoms with E-state index in [0.717, 1.165) is 0 Å². The number of aromatic nitrogens is 2. The highest BCUT2D eigenvalue weighted by Gasteiger charge is 2.19.